The number of rotatable bonds is 3. The van der Waals surface area contributed by atoms with E-state index in [0.717, 1.165) is 36.5 Å². The molecule has 0 bridgehead atoms. The summed E-state index contributed by atoms with van der Waals surface area (Å²) in [6.07, 6.45) is 4.26. The van der Waals surface area contributed by atoms with Gasteiger partial charge in [0.25, 0.3) is 0 Å². The van der Waals surface area contributed by atoms with Crippen LogP contribution in [-0.4, -0.2) is 20.7 Å². The normalized spacial score (nSPS) is 17.0. The van der Waals surface area contributed by atoms with Gasteiger partial charge in [0.05, 0.1) is 12.6 Å². The van der Waals surface area contributed by atoms with Crippen molar-refractivity contribution in [3.63, 3.8) is 0 Å². The third-order valence-corrected chi connectivity index (χ3v) is 3.01. The minimum Gasteiger partial charge on any atom is -0.496 e. The highest BCUT2D eigenvalue weighted by Crippen LogP contribution is 2.26. The fourth-order valence-corrected chi connectivity index (χ4v) is 1.95. The molecule has 0 saturated carbocycles. The molecule has 1 aliphatic rings. The molecule has 2 N–H and O–H groups in total. The van der Waals surface area contributed by atoms with Crippen LogP contribution in [0, 0.1) is 0 Å². The van der Waals surface area contributed by atoms with E-state index in [1.165, 1.54) is 0 Å². The molecule has 1 aromatic rings. The number of anilines is 1. The summed E-state index contributed by atoms with van der Waals surface area (Å²) in [5, 5.41) is 0. The Morgan fingerprint density at radius 3 is 2.82 bits per heavy atom. The van der Waals surface area contributed by atoms with Crippen LogP contribution in [0.5, 0.6) is 0 Å². The van der Waals surface area contributed by atoms with Gasteiger partial charge in [-0.1, -0.05) is 12.1 Å². The average molecular weight is 232 g/mol. The fourth-order valence-electron chi connectivity index (χ4n) is 1.95. The van der Waals surface area contributed by atoms with Gasteiger partial charge in [-0.3, -0.25) is 0 Å². The van der Waals surface area contributed by atoms with Crippen molar-refractivity contribution in [1.82, 2.24) is 0 Å². The van der Waals surface area contributed by atoms with Crippen LogP contribution < -0.4 is 10.6 Å². The van der Waals surface area contributed by atoms with Crippen molar-refractivity contribution in [3.05, 3.63) is 41.7 Å². The zero-order valence-electron chi connectivity index (χ0n) is 10.5. The lowest BCUT2D eigenvalue weighted by atomic mass is 10.0. The number of nitrogens with two attached hydrogens (primary N) is 1. The van der Waals surface area contributed by atoms with Gasteiger partial charge in [-0.15, -0.1) is 0 Å². The topological polar surface area (TPSA) is 38.5 Å². The molecule has 3 nitrogen and oxygen atoms in total. The van der Waals surface area contributed by atoms with E-state index < -0.39 is 0 Å². The first-order valence-corrected chi connectivity index (χ1v) is 6.04. The van der Waals surface area contributed by atoms with Crippen molar-refractivity contribution in [3.8, 4) is 0 Å². The molecule has 1 heterocycles. The van der Waals surface area contributed by atoms with Gasteiger partial charge >= 0.3 is 0 Å². The molecule has 0 amide bonds. The van der Waals surface area contributed by atoms with Crippen LogP contribution in [0.15, 0.2) is 36.1 Å². The Labute approximate surface area is 103 Å². The van der Waals surface area contributed by atoms with E-state index in [0.29, 0.717) is 0 Å². The first kappa shape index (κ1) is 12.0. The quantitative estimate of drug-likeness (QED) is 0.870. The Kier molecular flexibility index (Phi) is 3.69. The highest BCUT2D eigenvalue weighted by Gasteiger charge is 2.16. The Bertz CT molecular complexity index is 412. The number of hydrogen-bond donors (Lipinski definition) is 1. The van der Waals surface area contributed by atoms with Crippen LogP contribution in [0.4, 0.5) is 5.69 Å². The molecule has 0 radical (unpaired) electrons. The van der Waals surface area contributed by atoms with Gasteiger partial charge in [0.1, 0.15) is 5.76 Å². The fraction of sp³-hybridized carbons (Fsp3) is 0.429. The standard InChI is InChI=1S/C14H20N2O/c1-16(2)12-7-5-6-11(10-12)14(15)13-8-3-4-9-17-13/h5-8,10,14H,3-4,9,15H2,1-2H3. The van der Waals surface area contributed by atoms with Crippen LogP contribution in [-0.2, 0) is 4.74 Å². The first-order chi connectivity index (χ1) is 8.18. The minimum atomic E-state index is -0.143. The summed E-state index contributed by atoms with van der Waals surface area (Å²) in [4.78, 5) is 2.08. The summed E-state index contributed by atoms with van der Waals surface area (Å²) in [6.45, 7) is 0.785. The molecular weight excluding hydrogens is 212 g/mol. The molecule has 1 unspecified atom stereocenters. The van der Waals surface area contributed by atoms with Crippen molar-refractivity contribution in [2.75, 3.05) is 25.6 Å². The maximum absolute atomic E-state index is 6.23. The Balaban J connectivity index is 2.21. The number of allylic oxidation sites excluding steroid dienone is 1. The first-order valence-electron chi connectivity index (χ1n) is 6.04. The molecular formula is C14H20N2O. The average Bonchev–Trinajstić information content (AvgIpc) is 2.39. The predicted molar refractivity (Wildman–Crippen MR) is 71.0 cm³/mol. The zero-order chi connectivity index (χ0) is 12.3. The van der Waals surface area contributed by atoms with E-state index in [1.54, 1.807) is 0 Å². The van der Waals surface area contributed by atoms with E-state index in [2.05, 4.69) is 29.2 Å². The van der Waals surface area contributed by atoms with Crippen molar-refractivity contribution in [1.29, 1.82) is 0 Å². The van der Waals surface area contributed by atoms with Gasteiger partial charge in [-0.2, -0.15) is 0 Å². The second-order valence-corrected chi connectivity index (χ2v) is 4.56. The van der Waals surface area contributed by atoms with Gasteiger partial charge in [0.15, 0.2) is 0 Å². The summed E-state index contributed by atoms with van der Waals surface area (Å²) in [6, 6.07) is 8.13. The molecule has 1 aliphatic heterocycles. The maximum Gasteiger partial charge on any atom is 0.113 e. The van der Waals surface area contributed by atoms with Crippen LogP contribution in [0.1, 0.15) is 24.4 Å². The molecule has 2 rings (SSSR count). The summed E-state index contributed by atoms with van der Waals surface area (Å²) >= 11 is 0. The van der Waals surface area contributed by atoms with E-state index in [4.69, 9.17) is 10.5 Å². The SMILES string of the molecule is CN(C)c1cccc(C(N)C2=CCCCO2)c1. The second kappa shape index (κ2) is 5.23. The van der Waals surface area contributed by atoms with E-state index in [1.807, 2.05) is 20.2 Å². The number of nitrogens with zero attached hydrogens (tertiary/aromatic N) is 1. The predicted octanol–water partition coefficient (Wildman–Crippen LogP) is 2.45. The number of ether oxygens (including phenoxy) is 1. The third kappa shape index (κ3) is 2.80. The van der Waals surface area contributed by atoms with Crippen LogP contribution in [0.2, 0.25) is 0 Å². The van der Waals surface area contributed by atoms with Gasteiger partial charge < -0.3 is 15.4 Å². The maximum atomic E-state index is 6.23. The van der Waals surface area contributed by atoms with Gasteiger partial charge in [-0.25, -0.2) is 0 Å². The molecule has 1 aromatic carbocycles. The second-order valence-electron chi connectivity index (χ2n) is 4.56. The molecule has 0 aromatic heterocycles. The van der Waals surface area contributed by atoms with Gasteiger partial charge in [0, 0.05) is 19.8 Å². The molecule has 0 aliphatic carbocycles. The lowest BCUT2D eigenvalue weighted by molar-refractivity contribution is 0.176. The van der Waals surface area contributed by atoms with E-state index in [9.17, 15) is 0 Å². The molecule has 0 spiro atoms. The summed E-state index contributed by atoms with van der Waals surface area (Å²) < 4.78 is 5.62. The Morgan fingerprint density at radius 1 is 1.35 bits per heavy atom. The van der Waals surface area contributed by atoms with Gasteiger partial charge in [-0.05, 0) is 36.6 Å². The molecule has 0 saturated heterocycles. The number of hydrogen-bond acceptors (Lipinski definition) is 3. The Morgan fingerprint density at radius 2 is 2.18 bits per heavy atom. The molecule has 0 fully saturated rings. The zero-order valence-corrected chi connectivity index (χ0v) is 10.5. The van der Waals surface area contributed by atoms with Crippen LogP contribution >= 0.6 is 0 Å². The largest absolute Gasteiger partial charge is 0.496 e. The molecule has 1 atom stereocenters. The highest BCUT2D eigenvalue weighted by atomic mass is 16.5. The van der Waals surface area contributed by atoms with Crippen LogP contribution in [0.25, 0.3) is 0 Å². The highest BCUT2D eigenvalue weighted by molar-refractivity contribution is 5.48. The number of benzene rings is 1. The molecule has 3 heteroatoms. The summed E-state index contributed by atoms with van der Waals surface area (Å²) in [7, 11) is 4.06. The van der Waals surface area contributed by atoms with Crippen molar-refractivity contribution in [2.45, 2.75) is 18.9 Å². The van der Waals surface area contributed by atoms with E-state index in [-0.39, 0.29) is 6.04 Å². The monoisotopic (exact) mass is 232 g/mol. The lowest BCUT2D eigenvalue weighted by Gasteiger charge is -2.22. The van der Waals surface area contributed by atoms with Gasteiger partial charge in [0.2, 0.25) is 0 Å². The molecule has 17 heavy (non-hydrogen) atoms. The minimum absolute atomic E-state index is 0.143. The molecule has 92 valence electrons. The Hall–Kier alpha value is -1.48. The summed E-state index contributed by atoms with van der Waals surface area (Å²) in [5.41, 5.74) is 8.49. The smallest absolute Gasteiger partial charge is 0.113 e. The third-order valence-electron chi connectivity index (χ3n) is 3.01. The van der Waals surface area contributed by atoms with Crippen molar-refractivity contribution in [2.24, 2.45) is 5.73 Å². The van der Waals surface area contributed by atoms with Crippen molar-refractivity contribution < 1.29 is 4.74 Å². The van der Waals surface area contributed by atoms with Crippen LogP contribution in [0.3, 0.4) is 0 Å². The van der Waals surface area contributed by atoms with E-state index >= 15 is 0 Å². The van der Waals surface area contributed by atoms with Crippen molar-refractivity contribution >= 4 is 5.69 Å². The summed E-state index contributed by atoms with van der Waals surface area (Å²) in [5.74, 6) is 0.909. The lowest BCUT2D eigenvalue weighted by Crippen LogP contribution is -2.18.